The molecule has 11 N–H and O–H groups in total. The number of carbonyl (C=O) groups is 2. The summed E-state index contributed by atoms with van der Waals surface area (Å²) in [6.45, 7) is 1.40. The molecule has 0 radical (unpaired) electrons. The van der Waals surface area contributed by atoms with Crippen LogP contribution in [-0.2, 0) is 22.4 Å². The zero-order valence-electron chi connectivity index (χ0n) is 38.5. The summed E-state index contributed by atoms with van der Waals surface area (Å²) in [6, 6.07) is 21.9. The van der Waals surface area contributed by atoms with Gasteiger partial charge in [0, 0.05) is 36.2 Å². The third-order valence-electron chi connectivity index (χ3n) is 9.34. The van der Waals surface area contributed by atoms with Gasteiger partial charge in [0.1, 0.15) is 11.6 Å². The Morgan fingerprint density at radius 2 is 1.23 bits per heavy atom. The largest absolute Gasteiger partial charge is 1.00 e. The van der Waals surface area contributed by atoms with Crippen LogP contribution in [0.4, 0.5) is 26.1 Å². The van der Waals surface area contributed by atoms with Gasteiger partial charge in [-0.3, -0.25) is 45.4 Å². The van der Waals surface area contributed by atoms with Crippen LogP contribution in [0.1, 0.15) is 29.7 Å². The van der Waals surface area contributed by atoms with E-state index in [9.17, 15) is 28.4 Å². The molecule has 4 aromatic carbocycles. The molecule has 0 unspecified atom stereocenters. The van der Waals surface area contributed by atoms with Gasteiger partial charge < -0.3 is 27.6 Å². The second kappa shape index (κ2) is 29.9. The Morgan fingerprint density at radius 3 is 1.77 bits per heavy atom. The number of nitrogens with one attached hydrogen (secondary N) is 5. The molecular weight excluding hydrogens is 1160 g/mol. The number of nitrogens with zero attached hydrogens (tertiary/aromatic N) is 9. The average Bonchev–Trinajstić information content (AvgIpc) is 4.12. The number of halogens is 6. The van der Waals surface area contributed by atoms with Crippen molar-refractivity contribution in [3.8, 4) is 17.2 Å². The quantitative estimate of drug-likeness (QED) is 0.0201. The topological polar surface area (TPSA) is 360 Å². The van der Waals surface area contributed by atoms with Crippen molar-refractivity contribution in [1.29, 1.82) is 0 Å². The molecular formula is C43H41Br2Cl2F2N16NaO8. The molecule has 31 heteroatoms. The van der Waals surface area contributed by atoms with E-state index < -0.39 is 17.4 Å². The molecule has 24 nitrogen and oxygen atoms in total. The zero-order valence-corrected chi connectivity index (χ0v) is 45.2. The van der Waals surface area contributed by atoms with Gasteiger partial charge in [0.15, 0.2) is 29.1 Å². The summed E-state index contributed by atoms with van der Waals surface area (Å²) in [6.07, 6.45) is 1.33. The number of nitrogens with two attached hydrogens (primary N) is 2. The molecule has 0 atom stereocenters. The number of hydrogen-bond donors (Lipinski definition) is 8. The predicted octanol–water partition coefficient (Wildman–Crippen LogP) is 2.89. The maximum Gasteiger partial charge on any atom is 1.00 e. The normalized spacial score (nSPS) is 11.4. The minimum atomic E-state index is -0.801. The number of carbonyl (C=O) groups excluding carboxylic acids is 2. The minimum Gasteiger partial charge on any atom is -0.870 e. The fourth-order valence-corrected chi connectivity index (χ4v) is 6.96. The van der Waals surface area contributed by atoms with Gasteiger partial charge in [-0.1, -0.05) is 52.6 Å². The van der Waals surface area contributed by atoms with E-state index >= 15 is 0 Å². The smallest absolute Gasteiger partial charge is 0.870 e. The van der Waals surface area contributed by atoms with E-state index in [-0.39, 0.29) is 115 Å². The molecule has 3 aromatic heterocycles. The van der Waals surface area contributed by atoms with E-state index in [0.29, 0.717) is 60.4 Å². The van der Waals surface area contributed by atoms with Crippen molar-refractivity contribution in [2.24, 2.45) is 26.4 Å². The Morgan fingerprint density at radius 1 is 0.716 bits per heavy atom. The molecule has 7 aromatic rings. The summed E-state index contributed by atoms with van der Waals surface area (Å²) < 4.78 is 42.9. The van der Waals surface area contributed by atoms with Crippen LogP contribution in [0.3, 0.4) is 0 Å². The number of anilines is 2. The van der Waals surface area contributed by atoms with Gasteiger partial charge in [0.2, 0.25) is 29.3 Å². The number of guanidine groups is 2. The molecule has 2 amide bonds. The number of amidine groups is 1. The molecule has 0 aliphatic rings. The molecule has 74 heavy (non-hydrogen) atoms. The Hall–Kier alpha value is -6.63. The summed E-state index contributed by atoms with van der Waals surface area (Å²) in [5.41, 5.74) is 16.0. The van der Waals surface area contributed by atoms with Crippen LogP contribution >= 0.6 is 55.1 Å². The molecule has 0 saturated carbocycles. The number of rotatable bonds is 18. The molecule has 0 aliphatic heterocycles. The van der Waals surface area contributed by atoms with Crippen LogP contribution in [0, 0.1) is 11.6 Å². The van der Waals surface area contributed by atoms with Gasteiger partial charge in [-0.2, -0.15) is 0 Å². The number of amides is 2. The van der Waals surface area contributed by atoms with E-state index in [4.69, 9.17) is 48.5 Å². The predicted molar refractivity (Wildman–Crippen MR) is 270 cm³/mol. The van der Waals surface area contributed by atoms with E-state index in [2.05, 4.69) is 93.9 Å². The monoisotopic (exact) mass is 1200 g/mol. The van der Waals surface area contributed by atoms with Gasteiger partial charge in [-0.15, -0.1) is 0 Å². The molecule has 0 spiro atoms. The average molecular weight is 1200 g/mol. The third kappa shape index (κ3) is 18.1. The fourth-order valence-electron chi connectivity index (χ4n) is 5.98. The third-order valence-corrected chi connectivity index (χ3v) is 11.1. The first-order chi connectivity index (χ1) is 34.7. The number of hydrogen-bond acceptors (Lipinski definition) is 18. The standard InChI is InChI=1S/C22H19BrClFN8O4.C21H21BrClFN8O3.Na.H2O/c23-15-11-14(6-7-16(15)25)33-20(32-36-22(33)35)18-19(31-37-30-18)27-8-1-9-28-21(26)29-17(34)10-12-2-4-13(24)5-3-12;22-15-11-14(6-7-16(15)24)28-20(30-34)18-19(32-35-31-18)26-8-1-9-27-21(25)29-17(33)10-12-2-4-13(23)5-3-12;;/h2-7,11H,1,8-10H2,(H,27,31)(H3,26,28,29,34);2-7,11,34H,1,8-10H2,(H,26,32)(H,28,30)(H3,25,27,29,33);;1H2/q;;+1;/p-1. The molecule has 3 heterocycles. The Balaban J connectivity index is 0.000000313. The number of hydroxylamine groups is 1. The number of benzene rings is 4. The van der Waals surface area contributed by atoms with Crippen molar-refractivity contribution in [2.45, 2.75) is 25.7 Å². The summed E-state index contributed by atoms with van der Waals surface area (Å²) >= 11 is 17.8. The van der Waals surface area contributed by atoms with Crippen molar-refractivity contribution >= 4 is 102 Å². The van der Waals surface area contributed by atoms with E-state index in [0.717, 1.165) is 15.7 Å². The van der Waals surface area contributed by atoms with E-state index in [1.165, 1.54) is 36.4 Å². The van der Waals surface area contributed by atoms with Crippen LogP contribution in [-0.4, -0.2) is 96.8 Å². The van der Waals surface area contributed by atoms with Gasteiger partial charge in [-0.25, -0.2) is 32.4 Å². The molecule has 384 valence electrons. The van der Waals surface area contributed by atoms with Crippen LogP contribution in [0.15, 0.2) is 127 Å². The van der Waals surface area contributed by atoms with Crippen molar-refractivity contribution in [1.82, 2.24) is 46.5 Å². The van der Waals surface area contributed by atoms with Crippen molar-refractivity contribution < 1.29 is 72.4 Å². The van der Waals surface area contributed by atoms with Crippen molar-refractivity contribution in [3.63, 3.8) is 0 Å². The van der Waals surface area contributed by atoms with Gasteiger partial charge in [0.05, 0.1) is 33.2 Å². The maximum atomic E-state index is 13.6. The van der Waals surface area contributed by atoms with E-state index in [1.54, 1.807) is 48.5 Å². The van der Waals surface area contributed by atoms with Gasteiger partial charge in [-0.05, 0) is 137 Å². The van der Waals surface area contributed by atoms with Crippen LogP contribution in [0.2, 0.25) is 10.0 Å². The van der Waals surface area contributed by atoms with Gasteiger partial charge >= 0.3 is 35.3 Å². The first-order valence-electron chi connectivity index (χ1n) is 21.0. The minimum absolute atomic E-state index is 0. The van der Waals surface area contributed by atoms with Crippen LogP contribution < -0.4 is 73.5 Å². The number of aromatic nitrogens is 6. The summed E-state index contributed by atoms with van der Waals surface area (Å²) in [4.78, 5) is 48.8. The summed E-state index contributed by atoms with van der Waals surface area (Å²) in [5.74, 6) is -1.94. The van der Waals surface area contributed by atoms with Gasteiger partial charge in [0.25, 0.3) is 0 Å². The Kier molecular flexibility index (Phi) is 24.2. The molecule has 7 rings (SSSR count). The molecule has 0 bridgehead atoms. The van der Waals surface area contributed by atoms with E-state index in [1.807, 2.05) is 5.48 Å². The first-order valence-corrected chi connectivity index (χ1v) is 23.3. The molecule has 0 saturated heterocycles. The zero-order chi connectivity index (χ0) is 51.6. The van der Waals surface area contributed by atoms with Crippen LogP contribution in [0.25, 0.3) is 17.2 Å². The maximum absolute atomic E-state index is 13.6. The Bertz CT molecular complexity index is 3130. The van der Waals surface area contributed by atoms with Crippen LogP contribution in [0.5, 0.6) is 0 Å². The fraction of sp³-hybridized carbons (Fsp3) is 0.186. The SMILES string of the molecule is NC(=NCCCNc1nonc1-c1noc(=O)n1-c1ccc(F)c(Br)c1)NC(=O)Cc1ccc(Cl)cc1.NC(=NCCCNc1nonc1C(=Nc1ccc(F)c(Br)c1)NO)NC(=O)Cc1ccc(Cl)cc1.[Na+].[OH-]. The first kappa shape index (κ1) is 59.9. The van der Waals surface area contributed by atoms with Crippen molar-refractivity contribution in [2.75, 3.05) is 36.8 Å². The second-order valence-electron chi connectivity index (χ2n) is 14.6. The number of aliphatic imine (C=N–C) groups is 3. The molecule has 0 fully saturated rings. The Labute approximate surface area is 466 Å². The second-order valence-corrected chi connectivity index (χ2v) is 17.2. The summed E-state index contributed by atoms with van der Waals surface area (Å²) in [5, 5.41) is 40.6. The molecule has 0 aliphatic carbocycles. The van der Waals surface area contributed by atoms with Crippen molar-refractivity contribution in [3.05, 3.63) is 143 Å². The summed E-state index contributed by atoms with van der Waals surface area (Å²) in [7, 11) is 0.